The van der Waals surface area contributed by atoms with Gasteiger partial charge in [0, 0.05) is 5.92 Å². The molecule has 0 fully saturated rings. The van der Waals surface area contributed by atoms with Gasteiger partial charge < -0.3 is 4.57 Å². The third-order valence-corrected chi connectivity index (χ3v) is 5.88. The van der Waals surface area contributed by atoms with E-state index in [4.69, 9.17) is 0 Å². The van der Waals surface area contributed by atoms with E-state index in [0.717, 1.165) is 40.5 Å². The van der Waals surface area contributed by atoms with Crippen molar-refractivity contribution in [3.63, 3.8) is 0 Å². The largest absolute Gasteiger partial charge is 0.318 e. The Balaban J connectivity index is 1.76. The van der Waals surface area contributed by atoms with Gasteiger partial charge in [-0.2, -0.15) is 11.8 Å². The predicted octanol–water partition coefficient (Wildman–Crippen LogP) is 4.29. The summed E-state index contributed by atoms with van der Waals surface area (Å²) in [6.45, 7) is 4.51. The number of benzene rings is 1. The number of amides is 1. The lowest BCUT2D eigenvalue weighted by atomic mass is 10.1. The van der Waals surface area contributed by atoms with E-state index in [0.29, 0.717) is 11.0 Å². The number of thioether (sulfide) groups is 1. The second kappa shape index (κ2) is 8.64. The van der Waals surface area contributed by atoms with Crippen LogP contribution in [-0.2, 0) is 17.1 Å². The molecule has 2 heterocycles. The molecule has 3 aromatic rings. The Morgan fingerprint density at radius 1 is 1.27 bits per heavy atom. The van der Waals surface area contributed by atoms with E-state index < -0.39 is 0 Å². The Morgan fingerprint density at radius 3 is 2.77 bits per heavy atom. The number of carbonyl (C=O) groups is 1. The maximum absolute atomic E-state index is 12.6. The van der Waals surface area contributed by atoms with E-state index in [1.807, 2.05) is 35.1 Å². The van der Waals surface area contributed by atoms with Crippen molar-refractivity contribution in [3.8, 4) is 0 Å². The summed E-state index contributed by atoms with van der Waals surface area (Å²) >= 11 is 3.16. The van der Waals surface area contributed by atoms with Gasteiger partial charge in [-0.1, -0.05) is 37.3 Å². The Morgan fingerprint density at radius 2 is 2.04 bits per heavy atom. The zero-order chi connectivity index (χ0) is 18.5. The van der Waals surface area contributed by atoms with Gasteiger partial charge in [0.15, 0.2) is 0 Å². The number of rotatable bonds is 8. The van der Waals surface area contributed by atoms with Crippen LogP contribution in [0.2, 0.25) is 0 Å². The average Bonchev–Trinajstić information content (AvgIpc) is 3.22. The summed E-state index contributed by atoms with van der Waals surface area (Å²) in [6, 6.07) is 7.90. The smallest absolute Gasteiger partial charge is 0.246 e. The maximum atomic E-state index is 12.6. The number of hydrogen-bond acceptors (Lipinski definition) is 6. The second-order valence-electron chi connectivity index (χ2n) is 6.04. The number of imidazole rings is 1. The molecule has 0 radical (unpaired) electrons. The number of anilines is 1. The molecule has 138 valence electrons. The standard InChI is InChI=1S/C18H23N5OS2/c1-4-12(5-2)17-21-22-18(26-17)20-16(24)10-23-14-9-7-6-8-13(14)19-15(23)11-25-3/h6-9,12H,4-5,10-11H2,1-3H3,(H,20,22,24). The average molecular weight is 390 g/mol. The van der Waals surface area contributed by atoms with Crippen molar-refractivity contribution in [2.45, 2.75) is 44.9 Å². The molecule has 0 unspecified atom stereocenters. The van der Waals surface area contributed by atoms with Crippen LogP contribution in [0.25, 0.3) is 11.0 Å². The van der Waals surface area contributed by atoms with Crippen LogP contribution in [0.5, 0.6) is 0 Å². The zero-order valence-corrected chi connectivity index (χ0v) is 16.9. The van der Waals surface area contributed by atoms with Crippen LogP contribution in [0, 0.1) is 0 Å². The summed E-state index contributed by atoms with van der Waals surface area (Å²) in [7, 11) is 0. The van der Waals surface area contributed by atoms with E-state index in [9.17, 15) is 4.79 Å². The first-order valence-corrected chi connectivity index (χ1v) is 10.9. The lowest BCUT2D eigenvalue weighted by Crippen LogP contribution is -2.20. The quantitative estimate of drug-likeness (QED) is 0.622. The van der Waals surface area contributed by atoms with Crippen LogP contribution in [0.15, 0.2) is 24.3 Å². The van der Waals surface area contributed by atoms with Crippen LogP contribution in [0.1, 0.15) is 43.4 Å². The minimum atomic E-state index is -0.109. The van der Waals surface area contributed by atoms with E-state index in [1.165, 1.54) is 11.3 Å². The molecule has 0 aliphatic heterocycles. The van der Waals surface area contributed by atoms with Crippen molar-refractivity contribution in [1.29, 1.82) is 0 Å². The minimum Gasteiger partial charge on any atom is -0.318 e. The Kier molecular flexibility index (Phi) is 6.26. The number of para-hydroxylation sites is 2. The van der Waals surface area contributed by atoms with Gasteiger partial charge in [-0.3, -0.25) is 10.1 Å². The summed E-state index contributed by atoms with van der Waals surface area (Å²) in [5, 5.41) is 12.8. The Labute approximate surface area is 161 Å². The molecule has 6 nitrogen and oxygen atoms in total. The van der Waals surface area contributed by atoms with Crippen molar-refractivity contribution in [1.82, 2.24) is 19.7 Å². The Hall–Kier alpha value is -1.93. The molecule has 1 amide bonds. The molecule has 0 aliphatic carbocycles. The molecule has 0 atom stereocenters. The molecule has 1 N–H and O–H groups in total. The highest BCUT2D eigenvalue weighted by Gasteiger charge is 2.17. The van der Waals surface area contributed by atoms with Gasteiger partial charge in [0.05, 0.1) is 16.8 Å². The van der Waals surface area contributed by atoms with Crippen molar-refractivity contribution < 1.29 is 4.79 Å². The summed E-state index contributed by atoms with van der Waals surface area (Å²) in [6.07, 6.45) is 4.08. The van der Waals surface area contributed by atoms with Crippen LogP contribution in [0.4, 0.5) is 5.13 Å². The molecule has 0 spiro atoms. The molecular formula is C18H23N5OS2. The molecule has 0 saturated heterocycles. The maximum Gasteiger partial charge on any atom is 0.246 e. The summed E-state index contributed by atoms with van der Waals surface area (Å²) in [5.74, 6) is 1.97. The van der Waals surface area contributed by atoms with Gasteiger partial charge in [-0.15, -0.1) is 10.2 Å². The fourth-order valence-electron chi connectivity index (χ4n) is 2.93. The second-order valence-corrected chi connectivity index (χ2v) is 7.92. The SMILES string of the molecule is CCC(CC)c1nnc(NC(=O)Cn2c(CSC)nc3ccccc32)s1. The molecule has 0 aliphatic rings. The van der Waals surface area contributed by atoms with Crippen LogP contribution < -0.4 is 5.32 Å². The molecule has 0 bridgehead atoms. The number of nitrogens with zero attached hydrogens (tertiary/aromatic N) is 4. The molecule has 8 heteroatoms. The van der Waals surface area contributed by atoms with E-state index in [1.54, 1.807) is 11.8 Å². The highest BCUT2D eigenvalue weighted by Crippen LogP contribution is 2.28. The molecule has 1 aromatic carbocycles. The molecule has 2 aromatic heterocycles. The van der Waals surface area contributed by atoms with Crippen molar-refractivity contribution in [2.24, 2.45) is 0 Å². The molecule has 0 saturated carbocycles. The lowest BCUT2D eigenvalue weighted by Gasteiger charge is -2.08. The first-order valence-electron chi connectivity index (χ1n) is 8.72. The number of carbonyl (C=O) groups excluding carboxylic acids is 1. The highest BCUT2D eigenvalue weighted by molar-refractivity contribution is 7.97. The predicted molar refractivity (Wildman–Crippen MR) is 109 cm³/mol. The monoisotopic (exact) mass is 389 g/mol. The van der Waals surface area contributed by atoms with Crippen LogP contribution >= 0.6 is 23.1 Å². The van der Waals surface area contributed by atoms with Gasteiger partial charge in [-0.05, 0) is 31.2 Å². The van der Waals surface area contributed by atoms with Crippen LogP contribution in [-0.4, -0.2) is 31.9 Å². The van der Waals surface area contributed by atoms with Crippen molar-refractivity contribution in [3.05, 3.63) is 35.1 Å². The fraction of sp³-hybridized carbons (Fsp3) is 0.444. The lowest BCUT2D eigenvalue weighted by molar-refractivity contribution is -0.116. The minimum absolute atomic E-state index is 0.109. The number of hydrogen-bond donors (Lipinski definition) is 1. The number of aromatic nitrogens is 4. The summed E-state index contributed by atoms with van der Waals surface area (Å²) < 4.78 is 1.98. The normalized spacial score (nSPS) is 11.4. The highest BCUT2D eigenvalue weighted by atomic mass is 32.2. The van der Waals surface area contributed by atoms with Gasteiger partial charge in [0.25, 0.3) is 0 Å². The summed E-state index contributed by atoms with van der Waals surface area (Å²) in [4.78, 5) is 17.2. The van der Waals surface area contributed by atoms with E-state index in [-0.39, 0.29) is 12.5 Å². The number of fused-ring (bicyclic) bond motifs is 1. The third-order valence-electron chi connectivity index (χ3n) is 4.33. The molecule has 26 heavy (non-hydrogen) atoms. The van der Waals surface area contributed by atoms with E-state index >= 15 is 0 Å². The van der Waals surface area contributed by atoms with Crippen molar-refractivity contribution in [2.75, 3.05) is 11.6 Å². The summed E-state index contributed by atoms with van der Waals surface area (Å²) in [5.41, 5.74) is 1.89. The topological polar surface area (TPSA) is 72.7 Å². The van der Waals surface area contributed by atoms with Gasteiger partial charge in [0.1, 0.15) is 17.4 Å². The van der Waals surface area contributed by atoms with Gasteiger partial charge in [0.2, 0.25) is 11.0 Å². The van der Waals surface area contributed by atoms with E-state index in [2.05, 4.69) is 34.3 Å². The first kappa shape index (κ1) is 18.8. The van der Waals surface area contributed by atoms with Crippen LogP contribution in [0.3, 0.4) is 0 Å². The molecule has 3 rings (SSSR count). The van der Waals surface area contributed by atoms with Gasteiger partial charge >= 0.3 is 0 Å². The third kappa shape index (κ3) is 4.07. The first-order chi connectivity index (χ1) is 12.7. The number of nitrogens with one attached hydrogen (secondary N) is 1. The fourth-order valence-corrected chi connectivity index (χ4v) is 4.44. The van der Waals surface area contributed by atoms with Gasteiger partial charge in [-0.25, -0.2) is 4.98 Å². The Bertz CT molecular complexity index is 885. The zero-order valence-electron chi connectivity index (χ0n) is 15.2. The molecular weight excluding hydrogens is 366 g/mol. The van der Waals surface area contributed by atoms with Crippen molar-refractivity contribution >= 4 is 45.2 Å².